The Morgan fingerprint density at radius 2 is 2.33 bits per heavy atom. The molecule has 1 aliphatic rings. The number of pyridine rings is 1. The molecule has 0 saturated carbocycles. The first-order chi connectivity index (χ1) is 10.2. The minimum atomic E-state index is -0.995. The Morgan fingerprint density at radius 1 is 1.48 bits per heavy atom. The van der Waals surface area contributed by atoms with Gasteiger partial charge in [0.1, 0.15) is 23.1 Å². The third kappa shape index (κ3) is 2.49. The number of nitriles is 1. The summed E-state index contributed by atoms with van der Waals surface area (Å²) in [6.45, 7) is 0. The lowest BCUT2D eigenvalue weighted by Crippen LogP contribution is -2.24. The second-order valence-electron chi connectivity index (χ2n) is 4.49. The van der Waals surface area contributed by atoms with E-state index >= 15 is 0 Å². The van der Waals surface area contributed by atoms with Crippen molar-refractivity contribution in [2.24, 2.45) is 0 Å². The minimum absolute atomic E-state index is 0.202. The van der Waals surface area contributed by atoms with Crippen LogP contribution in [0.25, 0.3) is 0 Å². The molecule has 1 aliphatic heterocycles. The van der Waals surface area contributed by atoms with Gasteiger partial charge in [0.2, 0.25) is 5.88 Å². The maximum atomic E-state index is 10.9. The number of carbonyl (C=O) groups is 1. The lowest BCUT2D eigenvalue weighted by molar-refractivity contribution is -0.144. The van der Waals surface area contributed by atoms with E-state index in [0.717, 1.165) is 5.56 Å². The van der Waals surface area contributed by atoms with E-state index in [2.05, 4.69) is 4.98 Å². The van der Waals surface area contributed by atoms with Gasteiger partial charge in [-0.2, -0.15) is 5.26 Å². The molecule has 3 rings (SSSR count). The van der Waals surface area contributed by atoms with E-state index in [0.29, 0.717) is 23.5 Å². The van der Waals surface area contributed by atoms with Crippen molar-refractivity contribution >= 4 is 5.97 Å². The number of aliphatic carboxylic acids is 1. The number of ether oxygens (including phenoxy) is 2. The van der Waals surface area contributed by atoms with Gasteiger partial charge in [-0.3, -0.25) is 0 Å². The molecule has 0 aliphatic carbocycles. The molecule has 0 bridgehead atoms. The number of hydrogen-bond donors (Lipinski definition) is 1. The molecule has 0 saturated heterocycles. The number of carboxylic acids is 1. The number of rotatable bonds is 3. The SMILES string of the molecule is N#Cc1cccnc1Oc1ccc2c(c1)OC(C(=O)O)C2. The van der Waals surface area contributed by atoms with E-state index in [1.54, 1.807) is 30.3 Å². The number of aromatic nitrogens is 1. The highest BCUT2D eigenvalue weighted by Crippen LogP contribution is 2.34. The number of benzene rings is 1. The van der Waals surface area contributed by atoms with Crippen molar-refractivity contribution in [1.82, 2.24) is 4.98 Å². The van der Waals surface area contributed by atoms with Crippen LogP contribution in [0.3, 0.4) is 0 Å². The maximum absolute atomic E-state index is 10.9. The van der Waals surface area contributed by atoms with Gasteiger partial charge in [0, 0.05) is 18.7 Å². The molecule has 0 spiro atoms. The van der Waals surface area contributed by atoms with Crippen molar-refractivity contribution in [2.45, 2.75) is 12.5 Å². The van der Waals surface area contributed by atoms with Crippen LogP contribution in [0, 0.1) is 11.3 Å². The second-order valence-corrected chi connectivity index (χ2v) is 4.49. The summed E-state index contributed by atoms with van der Waals surface area (Å²) < 4.78 is 10.9. The van der Waals surface area contributed by atoms with Gasteiger partial charge in [-0.05, 0) is 23.8 Å². The van der Waals surface area contributed by atoms with Gasteiger partial charge in [-0.15, -0.1) is 0 Å². The number of fused-ring (bicyclic) bond motifs is 1. The van der Waals surface area contributed by atoms with Crippen LogP contribution in [-0.2, 0) is 11.2 Å². The average Bonchev–Trinajstić information content (AvgIpc) is 2.91. The van der Waals surface area contributed by atoms with Crippen LogP contribution >= 0.6 is 0 Å². The molecule has 1 aromatic heterocycles. The zero-order valence-electron chi connectivity index (χ0n) is 10.8. The normalized spacial score (nSPS) is 15.7. The van der Waals surface area contributed by atoms with Crippen molar-refractivity contribution < 1.29 is 19.4 Å². The zero-order chi connectivity index (χ0) is 14.8. The highest BCUT2D eigenvalue weighted by Gasteiger charge is 2.29. The predicted molar refractivity (Wildman–Crippen MR) is 71.2 cm³/mol. The summed E-state index contributed by atoms with van der Waals surface area (Å²) in [7, 11) is 0. The fourth-order valence-corrected chi connectivity index (χ4v) is 2.08. The van der Waals surface area contributed by atoms with Crippen LogP contribution in [0.4, 0.5) is 0 Å². The van der Waals surface area contributed by atoms with Gasteiger partial charge in [0.05, 0.1) is 0 Å². The number of hydrogen-bond acceptors (Lipinski definition) is 5. The summed E-state index contributed by atoms with van der Waals surface area (Å²) in [5.41, 5.74) is 1.14. The first kappa shape index (κ1) is 12.9. The number of carboxylic acid groups (broad SMARTS) is 1. The van der Waals surface area contributed by atoms with Gasteiger partial charge in [-0.1, -0.05) is 6.07 Å². The predicted octanol–water partition coefficient (Wildman–Crippen LogP) is 2.13. The first-order valence-electron chi connectivity index (χ1n) is 6.23. The number of nitrogens with zero attached hydrogens (tertiary/aromatic N) is 2. The molecule has 6 heteroatoms. The smallest absolute Gasteiger partial charge is 0.345 e. The van der Waals surface area contributed by atoms with Crippen LogP contribution in [0.5, 0.6) is 17.4 Å². The topological polar surface area (TPSA) is 92.4 Å². The summed E-state index contributed by atoms with van der Waals surface area (Å²) in [6, 6.07) is 10.3. The summed E-state index contributed by atoms with van der Waals surface area (Å²) in [5, 5.41) is 17.9. The van der Waals surface area contributed by atoms with Crippen molar-refractivity contribution in [3.63, 3.8) is 0 Å². The molecule has 1 aromatic carbocycles. The minimum Gasteiger partial charge on any atom is -0.478 e. The van der Waals surface area contributed by atoms with Crippen LogP contribution in [0.15, 0.2) is 36.5 Å². The molecular formula is C15H10N2O4. The zero-order valence-corrected chi connectivity index (χ0v) is 10.8. The van der Waals surface area contributed by atoms with Gasteiger partial charge >= 0.3 is 5.97 Å². The van der Waals surface area contributed by atoms with Gasteiger partial charge in [0.15, 0.2) is 6.10 Å². The lowest BCUT2D eigenvalue weighted by Gasteiger charge is -2.08. The van der Waals surface area contributed by atoms with Crippen molar-refractivity contribution in [3.8, 4) is 23.4 Å². The lowest BCUT2D eigenvalue weighted by atomic mass is 10.1. The van der Waals surface area contributed by atoms with Gasteiger partial charge in [0.25, 0.3) is 0 Å². The van der Waals surface area contributed by atoms with Crippen LogP contribution in [-0.4, -0.2) is 22.2 Å². The first-order valence-corrected chi connectivity index (χ1v) is 6.23. The fraction of sp³-hybridized carbons (Fsp3) is 0.133. The molecule has 21 heavy (non-hydrogen) atoms. The highest BCUT2D eigenvalue weighted by atomic mass is 16.5. The molecule has 0 fully saturated rings. The molecule has 6 nitrogen and oxygen atoms in total. The summed E-state index contributed by atoms with van der Waals surface area (Å²) in [5.74, 6) is 0.127. The molecule has 2 aromatic rings. The summed E-state index contributed by atoms with van der Waals surface area (Å²) >= 11 is 0. The fourth-order valence-electron chi connectivity index (χ4n) is 2.08. The molecule has 1 atom stereocenters. The van der Waals surface area contributed by atoms with Gasteiger partial charge < -0.3 is 14.6 Å². The average molecular weight is 282 g/mol. The molecular weight excluding hydrogens is 272 g/mol. The van der Waals surface area contributed by atoms with E-state index in [4.69, 9.17) is 19.8 Å². The van der Waals surface area contributed by atoms with E-state index in [-0.39, 0.29) is 5.88 Å². The molecule has 104 valence electrons. The third-order valence-electron chi connectivity index (χ3n) is 3.09. The van der Waals surface area contributed by atoms with Crippen molar-refractivity contribution in [1.29, 1.82) is 5.26 Å². The Kier molecular flexibility index (Phi) is 3.16. The molecule has 2 heterocycles. The van der Waals surface area contributed by atoms with Gasteiger partial charge in [-0.25, -0.2) is 9.78 Å². The Balaban J connectivity index is 1.85. The monoisotopic (exact) mass is 282 g/mol. The Morgan fingerprint density at radius 3 is 3.10 bits per heavy atom. The maximum Gasteiger partial charge on any atom is 0.345 e. The van der Waals surface area contributed by atoms with Crippen molar-refractivity contribution in [3.05, 3.63) is 47.7 Å². The highest BCUT2D eigenvalue weighted by molar-refractivity contribution is 5.74. The Hall–Kier alpha value is -3.07. The standard InChI is InChI=1S/C15H10N2O4/c16-8-10-2-1-5-17-14(10)20-11-4-3-9-6-13(15(18)19)21-12(9)7-11/h1-5,7,13H,6H2,(H,18,19). The quantitative estimate of drug-likeness (QED) is 0.927. The second kappa shape index (κ2) is 5.13. The van der Waals surface area contributed by atoms with E-state index in [9.17, 15) is 4.79 Å². The van der Waals surface area contributed by atoms with E-state index in [1.807, 2.05) is 6.07 Å². The van der Waals surface area contributed by atoms with Crippen molar-refractivity contribution in [2.75, 3.05) is 0 Å². The Bertz CT molecular complexity index is 752. The summed E-state index contributed by atoms with van der Waals surface area (Å²) in [6.07, 6.45) is 0.998. The van der Waals surface area contributed by atoms with E-state index < -0.39 is 12.1 Å². The molecule has 1 unspecified atom stereocenters. The van der Waals surface area contributed by atoms with Crippen LogP contribution in [0.2, 0.25) is 0 Å². The van der Waals surface area contributed by atoms with E-state index in [1.165, 1.54) is 6.20 Å². The van der Waals surface area contributed by atoms with Crippen LogP contribution in [0.1, 0.15) is 11.1 Å². The largest absolute Gasteiger partial charge is 0.478 e. The molecule has 0 amide bonds. The molecule has 1 N–H and O–H groups in total. The van der Waals surface area contributed by atoms with Crippen LogP contribution < -0.4 is 9.47 Å². The third-order valence-corrected chi connectivity index (χ3v) is 3.09. The molecule has 0 radical (unpaired) electrons. The summed E-state index contributed by atoms with van der Waals surface area (Å²) in [4.78, 5) is 14.9. The Labute approximate surface area is 120 Å².